The van der Waals surface area contributed by atoms with Crippen LogP contribution >= 0.6 is 11.3 Å². The monoisotopic (exact) mass is 235 g/mol. The van der Waals surface area contributed by atoms with Crippen LogP contribution in [0.5, 0.6) is 0 Å². The summed E-state index contributed by atoms with van der Waals surface area (Å²) in [6.07, 6.45) is 3.56. The maximum Gasteiger partial charge on any atom is 0.225 e. The molecule has 0 aliphatic rings. The van der Waals surface area contributed by atoms with Gasteiger partial charge in [0.2, 0.25) is 5.95 Å². The highest BCUT2D eigenvalue weighted by Crippen LogP contribution is 2.21. The fourth-order valence-electron chi connectivity index (χ4n) is 1.31. The van der Waals surface area contributed by atoms with Crippen molar-refractivity contribution >= 4 is 17.3 Å². The molecule has 0 aromatic carbocycles. The molecule has 2 heterocycles. The third-order valence-electron chi connectivity index (χ3n) is 2.13. The zero-order valence-corrected chi connectivity index (χ0v) is 9.81. The molecular weight excluding hydrogens is 222 g/mol. The molecule has 16 heavy (non-hydrogen) atoms. The number of anilines is 1. The summed E-state index contributed by atoms with van der Waals surface area (Å²) in [5.41, 5.74) is 8.19. The smallest absolute Gasteiger partial charge is 0.225 e. The van der Waals surface area contributed by atoms with Crippen LogP contribution in [0, 0.1) is 0 Å². The topological polar surface area (TPSA) is 67.9 Å². The highest BCUT2D eigenvalue weighted by Gasteiger charge is 2.06. The van der Waals surface area contributed by atoms with Crippen LogP contribution in [0.4, 0.5) is 5.95 Å². The Morgan fingerprint density at radius 3 is 3.06 bits per heavy atom. The predicted octanol–water partition coefficient (Wildman–Crippen LogP) is 0.995. The third-order valence-corrected chi connectivity index (χ3v) is 2.93. The molecule has 84 valence electrons. The lowest BCUT2D eigenvalue weighted by Crippen LogP contribution is -2.26. The van der Waals surface area contributed by atoms with Crippen LogP contribution in [-0.4, -0.2) is 35.1 Å². The number of likely N-dealkylation sites (N-methyl/N-ethyl adjacent to an activating group) is 1. The lowest BCUT2D eigenvalue weighted by atomic mass is 10.3. The summed E-state index contributed by atoms with van der Waals surface area (Å²) in [6.45, 7) is 1.33. The molecule has 0 atom stereocenters. The summed E-state index contributed by atoms with van der Waals surface area (Å²) in [4.78, 5) is 15.7. The molecule has 0 saturated heterocycles. The summed E-state index contributed by atoms with van der Waals surface area (Å²) in [7, 11) is 1.93. The van der Waals surface area contributed by atoms with E-state index in [1.165, 1.54) is 0 Å². The summed E-state index contributed by atoms with van der Waals surface area (Å²) in [5.74, 6) is 0.691. The molecular formula is C10H13N5S. The lowest BCUT2D eigenvalue weighted by molar-refractivity contribution is 0.847. The predicted molar refractivity (Wildman–Crippen MR) is 65.5 cm³/mol. The highest BCUT2D eigenvalue weighted by atomic mass is 32.1. The zero-order chi connectivity index (χ0) is 11.4. The molecule has 2 rings (SSSR count). The van der Waals surface area contributed by atoms with E-state index in [0.717, 1.165) is 17.1 Å². The van der Waals surface area contributed by atoms with Crippen molar-refractivity contribution in [2.75, 3.05) is 25.0 Å². The van der Waals surface area contributed by atoms with Gasteiger partial charge in [-0.25, -0.2) is 9.97 Å². The van der Waals surface area contributed by atoms with Gasteiger partial charge >= 0.3 is 0 Å². The van der Waals surface area contributed by atoms with Crippen LogP contribution in [-0.2, 0) is 0 Å². The van der Waals surface area contributed by atoms with Gasteiger partial charge in [0.1, 0.15) is 0 Å². The minimum absolute atomic E-state index is 0.588. The molecule has 0 bridgehead atoms. The van der Waals surface area contributed by atoms with Crippen molar-refractivity contribution < 1.29 is 0 Å². The van der Waals surface area contributed by atoms with Gasteiger partial charge in [-0.1, -0.05) is 0 Å². The van der Waals surface area contributed by atoms with E-state index in [-0.39, 0.29) is 0 Å². The first kappa shape index (κ1) is 11.0. The Kier molecular flexibility index (Phi) is 3.43. The highest BCUT2D eigenvalue weighted by molar-refractivity contribution is 7.13. The summed E-state index contributed by atoms with van der Waals surface area (Å²) >= 11 is 1.57. The van der Waals surface area contributed by atoms with Gasteiger partial charge in [0.25, 0.3) is 0 Å². The largest absolute Gasteiger partial charge is 0.343 e. The zero-order valence-electron chi connectivity index (χ0n) is 9.00. The fraction of sp³-hybridized carbons (Fsp3) is 0.300. The van der Waals surface area contributed by atoms with Crippen molar-refractivity contribution in [3.05, 3.63) is 24.0 Å². The third kappa shape index (κ3) is 2.34. The number of nitrogens with two attached hydrogens (primary N) is 1. The Labute approximate surface area is 98.0 Å². The van der Waals surface area contributed by atoms with Crippen LogP contribution in [0.2, 0.25) is 0 Å². The van der Waals surface area contributed by atoms with Gasteiger partial charge in [-0.2, -0.15) is 0 Å². The molecule has 0 spiro atoms. The Balaban J connectivity index is 2.26. The van der Waals surface area contributed by atoms with Crippen molar-refractivity contribution in [2.45, 2.75) is 0 Å². The average Bonchev–Trinajstić information content (AvgIpc) is 2.83. The second kappa shape index (κ2) is 5.00. The molecule has 2 N–H and O–H groups in total. The van der Waals surface area contributed by atoms with E-state index in [0.29, 0.717) is 12.5 Å². The molecule has 0 amide bonds. The van der Waals surface area contributed by atoms with Crippen molar-refractivity contribution in [1.82, 2.24) is 15.0 Å². The first-order chi connectivity index (χ1) is 7.81. The maximum absolute atomic E-state index is 5.49. The minimum Gasteiger partial charge on any atom is -0.343 e. The van der Waals surface area contributed by atoms with Gasteiger partial charge in [-0.05, 0) is 6.07 Å². The van der Waals surface area contributed by atoms with Gasteiger partial charge < -0.3 is 10.6 Å². The minimum atomic E-state index is 0.588. The molecule has 0 radical (unpaired) electrons. The van der Waals surface area contributed by atoms with Crippen LogP contribution in [0.1, 0.15) is 0 Å². The first-order valence-corrected chi connectivity index (χ1v) is 5.82. The normalized spacial score (nSPS) is 10.4. The van der Waals surface area contributed by atoms with Gasteiger partial charge in [-0.15, -0.1) is 11.3 Å². The number of rotatable bonds is 4. The molecule has 5 nitrogen and oxygen atoms in total. The molecule has 0 unspecified atom stereocenters. The standard InChI is InChI=1S/C10H13N5S/c1-15(5-3-11)10-13-4-2-8(14-10)9-6-12-7-16-9/h2,4,6-7H,3,5,11H2,1H3. The molecule has 2 aromatic heterocycles. The van der Waals surface area contributed by atoms with Gasteiger partial charge in [0, 0.05) is 32.5 Å². The van der Waals surface area contributed by atoms with E-state index in [1.807, 2.05) is 18.0 Å². The second-order valence-electron chi connectivity index (χ2n) is 3.32. The Hall–Kier alpha value is -1.53. The SMILES string of the molecule is CN(CCN)c1nccc(-c2cncs2)n1. The van der Waals surface area contributed by atoms with Gasteiger partial charge in [-0.3, -0.25) is 4.98 Å². The fourth-order valence-corrected chi connectivity index (χ4v) is 1.90. The van der Waals surface area contributed by atoms with Crippen molar-refractivity contribution in [2.24, 2.45) is 5.73 Å². The van der Waals surface area contributed by atoms with E-state index in [4.69, 9.17) is 5.73 Å². The summed E-state index contributed by atoms with van der Waals surface area (Å²) in [5, 5.41) is 0. The first-order valence-electron chi connectivity index (χ1n) is 4.94. The molecule has 0 fully saturated rings. The Bertz CT molecular complexity index is 442. The Morgan fingerprint density at radius 2 is 2.38 bits per heavy atom. The van der Waals surface area contributed by atoms with Crippen LogP contribution in [0.3, 0.4) is 0 Å². The van der Waals surface area contributed by atoms with Crippen LogP contribution in [0.15, 0.2) is 24.0 Å². The van der Waals surface area contributed by atoms with E-state index >= 15 is 0 Å². The number of hydrogen-bond acceptors (Lipinski definition) is 6. The van der Waals surface area contributed by atoms with Crippen molar-refractivity contribution in [3.8, 4) is 10.6 Å². The maximum atomic E-state index is 5.49. The number of thiazole rings is 1. The Morgan fingerprint density at radius 1 is 1.50 bits per heavy atom. The average molecular weight is 235 g/mol. The van der Waals surface area contributed by atoms with Gasteiger partial charge in [0.15, 0.2) is 0 Å². The van der Waals surface area contributed by atoms with E-state index in [9.17, 15) is 0 Å². The van der Waals surface area contributed by atoms with Crippen LogP contribution < -0.4 is 10.6 Å². The summed E-state index contributed by atoms with van der Waals surface area (Å²) < 4.78 is 0. The number of nitrogens with zero attached hydrogens (tertiary/aromatic N) is 4. The van der Waals surface area contributed by atoms with Crippen molar-refractivity contribution in [1.29, 1.82) is 0 Å². The molecule has 0 aliphatic carbocycles. The summed E-state index contributed by atoms with van der Waals surface area (Å²) in [6, 6.07) is 1.88. The molecule has 2 aromatic rings. The number of aromatic nitrogens is 3. The van der Waals surface area contributed by atoms with E-state index in [2.05, 4.69) is 15.0 Å². The quantitative estimate of drug-likeness (QED) is 0.856. The van der Waals surface area contributed by atoms with E-state index < -0.39 is 0 Å². The molecule has 6 heteroatoms. The molecule has 0 saturated carbocycles. The second-order valence-corrected chi connectivity index (χ2v) is 4.20. The van der Waals surface area contributed by atoms with Crippen LogP contribution in [0.25, 0.3) is 10.6 Å². The number of hydrogen-bond donors (Lipinski definition) is 1. The van der Waals surface area contributed by atoms with Gasteiger partial charge in [0.05, 0.1) is 16.1 Å². The van der Waals surface area contributed by atoms with E-state index in [1.54, 1.807) is 29.2 Å². The molecule has 0 aliphatic heterocycles. The lowest BCUT2D eigenvalue weighted by Gasteiger charge is -2.15. The van der Waals surface area contributed by atoms with Crippen molar-refractivity contribution in [3.63, 3.8) is 0 Å².